The predicted molar refractivity (Wildman–Crippen MR) is 166 cm³/mol. The van der Waals surface area contributed by atoms with Crippen LogP contribution in [0.3, 0.4) is 0 Å². The SMILES string of the molecule is COCCOCCOCCOCCOc1ccc2c(c1)CCc1cc(OCCOCCOCCOCCOC)ccc1C#C2. The lowest BCUT2D eigenvalue weighted by atomic mass is 9.94. The van der Waals surface area contributed by atoms with Crippen LogP contribution < -0.4 is 9.47 Å². The van der Waals surface area contributed by atoms with Gasteiger partial charge in [-0.3, -0.25) is 0 Å². The van der Waals surface area contributed by atoms with Gasteiger partial charge in [-0.25, -0.2) is 0 Å². The molecule has 244 valence electrons. The van der Waals surface area contributed by atoms with Crippen LogP contribution in [0.4, 0.5) is 0 Å². The van der Waals surface area contributed by atoms with Crippen LogP contribution in [0, 0.1) is 11.8 Å². The van der Waals surface area contributed by atoms with Gasteiger partial charge in [0.2, 0.25) is 0 Å². The number of rotatable bonds is 26. The molecule has 1 aliphatic rings. The molecule has 0 fully saturated rings. The quantitative estimate of drug-likeness (QED) is 0.116. The van der Waals surface area contributed by atoms with Crippen molar-refractivity contribution in [3.05, 3.63) is 58.7 Å². The molecule has 0 heterocycles. The molecule has 0 aliphatic heterocycles. The van der Waals surface area contributed by atoms with Crippen LogP contribution in [0.15, 0.2) is 36.4 Å². The van der Waals surface area contributed by atoms with Crippen LogP contribution in [0.25, 0.3) is 0 Å². The van der Waals surface area contributed by atoms with E-state index in [4.69, 9.17) is 47.4 Å². The van der Waals surface area contributed by atoms with E-state index in [9.17, 15) is 0 Å². The zero-order valence-corrected chi connectivity index (χ0v) is 26.3. The van der Waals surface area contributed by atoms with E-state index in [1.165, 1.54) is 11.1 Å². The van der Waals surface area contributed by atoms with E-state index in [0.29, 0.717) is 106 Å². The lowest BCUT2D eigenvalue weighted by Crippen LogP contribution is -2.13. The Bertz CT molecular complexity index is 1010. The van der Waals surface area contributed by atoms with E-state index in [0.717, 1.165) is 35.5 Å². The first-order valence-corrected chi connectivity index (χ1v) is 15.3. The van der Waals surface area contributed by atoms with Gasteiger partial charge in [0, 0.05) is 25.3 Å². The Labute approximate surface area is 262 Å². The number of methoxy groups -OCH3 is 2. The third kappa shape index (κ3) is 15.3. The molecule has 0 radical (unpaired) electrons. The summed E-state index contributed by atoms with van der Waals surface area (Å²) in [5.41, 5.74) is 4.41. The average Bonchev–Trinajstić information content (AvgIpc) is 3.03. The monoisotopic (exact) mass is 616 g/mol. The highest BCUT2D eigenvalue weighted by Gasteiger charge is 2.11. The van der Waals surface area contributed by atoms with Gasteiger partial charge in [0.1, 0.15) is 24.7 Å². The molecule has 3 rings (SSSR count). The van der Waals surface area contributed by atoms with Gasteiger partial charge < -0.3 is 47.4 Å². The fourth-order valence-electron chi connectivity index (χ4n) is 4.19. The lowest BCUT2D eigenvalue weighted by Gasteiger charge is -2.14. The van der Waals surface area contributed by atoms with Crippen molar-refractivity contribution in [1.82, 2.24) is 0 Å². The zero-order chi connectivity index (χ0) is 30.9. The minimum Gasteiger partial charge on any atom is -0.491 e. The standard InChI is InChI=1S/C34H48O10/c1-35-11-13-37-15-17-39-19-21-41-23-25-43-33-9-7-29-3-4-30-8-10-34(28-32(30)6-5-31(29)27-33)44-26-24-42-22-20-40-18-16-38-14-12-36-2/h7-10,27-28H,5-6,11-26H2,1-2H3. The summed E-state index contributed by atoms with van der Waals surface area (Å²) >= 11 is 0. The maximum Gasteiger partial charge on any atom is 0.119 e. The molecule has 10 nitrogen and oxygen atoms in total. The minimum atomic E-state index is 0.467. The Morgan fingerprint density at radius 1 is 0.432 bits per heavy atom. The second-order valence-electron chi connectivity index (χ2n) is 9.74. The van der Waals surface area contributed by atoms with Crippen LogP contribution in [-0.4, -0.2) is 120 Å². The van der Waals surface area contributed by atoms with Gasteiger partial charge in [0.05, 0.1) is 92.5 Å². The maximum atomic E-state index is 5.93. The minimum absolute atomic E-state index is 0.467. The summed E-state index contributed by atoms with van der Waals surface area (Å²) in [4.78, 5) is 0. The second kappa shape index (κ2) is 23.6. The van der Waals surface area contributed by atoms with Gasteiger partial charge in [-0.2, -0.15) is 0 Å². The van der Waals surface area contributed by atoms with Gasteiger partial charge in [-0.1, -0.05) is 11.8 Å². The number of ether oxygens (including phenoxy) is 10. The van der Waals surface area contributed by atoms with Crippen LogP contribution >= 0.6 is 0 Å². The number of hydrogen-bond donors (Lipinski definition) is 0. The maximum absolute atomic E-state index is 5.93. The molecule has 2 aromatic carbocycles. The molecule has 0 aromatic heterocycles. The van der Waals surface area contributed by atoms with Gasteiger partial charge in [0.25, 0.3) is 0 Å². The van der Waals surface area contributed by atoms with Gasteiger partial charge in [-0.05, 0) is 60.4 Å². The van der Waals surface area contributed by atoms with E-state index in [2.05, 4.69) is 24.0 Å². The fraction of sp³-hybridized carbons (Fsp3) is 0.588. The van der Waals surface area contributed by atoms with Crippen molar-refractivity contribution in [2.75, 3.05) is 120 Å². The summed E-state index contributed by atoms with van der Waals surface area (Å²) in [6.45, 7) is 8.52. The van der Waals surface area contributed by atoms with Crippen molar-refractivity contribution in [2.24, 2.45) is 0 Å². The Morgan fingerprint density at radius 2 is 0.750 bits per heavy atom. The summed E-state index contributed by atoms with van der Waals surface area (Å²) < 4.78 is 54.6. The molecule has 0 spiro atoms. The largest absolute Gasteiger partial charge is 0.491 e. The Hall–Kier alpha value is -2.72. The molecule has 1 aliphatic carbocycles. The third-order valence-electron chi connectivity index (χ3n) is 6.49. The van der Waals surface area contributed by atoms with Crippen molar-refractivity contribution < 1.29 is 47.4 Å². The van der Waals surface area contributed by atoms with E-state index in [1.807, 2.05) is 24.3 Å². The first-order valence-electron chi connectivity index (χ1n) is 15.3. The average molecular weight is 617 g/mol. The van der Waals surface area contributed by atoms with Crippen LogP contribution in [0.1, 0.15) is 22.3 Å². The Kier molecular flexibility index (Phi) is 19.2. The number of benzene rings is 2. The molecule has 0 saturated carbocycles. The van der Waals surface area contributed by atoms with Crippen LogP contribution in [0.5, 0.6) is 11.5 Å². The molecule has 0 atom stereocenters. The summed E-state index contributed by atoms with van der Waals surface area (Å²) in [6, 6.07) is 12.2. The molecule has 10 heteroatoms. The summed E-state index contributed by atoms with van der Waals surface area (Å²) in [5, 5.41) is 0. The van der Waals surface area contributed by atoms with Crippen molar-refractivity contribution in [1.29, 1.82) is 0 Å². The molecular formula is C34H48O10. The van der Waals surface area contributed by atoms with Crippen molar-refractivity contribution in [2.45, 2.75) is 12.8 Å². The summed E-state index contributed by atoms with van der Waals surface area (Å²) in [7, 11) is 3.30. The third-order valence-corrected chi connectivity index (χ3v) is 6.49. The number of hydrogen-bond acceptors (Lipinski definition) is 10. The second-order valence-corrected chi connectivity index (χ2v) is 9.74. The first-order chi connectivity index (χ1) is 21.8. The fourth-order valence-corrected chi connectivity index (χ4v) is 4.19. The number of fused-ring (bicyclic) bond motifs is 2. The molecule has 0 bridgehead atoms. The Morgan fingerprint density at radius 3 is 1.09 bits per heavy atom. The van der Waals surface area contributed by atoms with Crippen molar-refractivity contribution in [3.63, 3.8) is 0 Å². The van der Waals surface area contributed by atoms with Gasteiger partial charge in [0.15, 0.2) is 0 Å². The predicted octanol–water partition coefficient (Wildman–Crippen LogP) is 3.34. The number of aryl methyl sites for hydroxylation is 2. The van der Waals surface area contributed by atoms with E-state index in [1.54, 1.807) is 14.2 Å². The van der Waals surface area contributed by atoms with Crippen LogP contribution in [-0.2, 0) is 50.7 Å². The molecular weight excluding hydrogens is 568 g/mol. The highest BCUT2D eigenvalue weighted by atomic mass is 16.6. The molecule has 44 heavy (non-hydrogen) atoms. The summed E-state index contributed by atoms with van der Waals surface area (Å²) in [5.74, 6) is 8.30. The van der Waals surface area contributed by atoms with Crippen LogP contribution in [0.2, 0.25) is 0 Å². The molecule has 0 saturated heterocycles. The molecule has 0 unspecified atom stereocenters. The highest BCUT2D eigenvalue weighted by Crippen LogP contribution is 2.24. The smallest absolute Gasteiger partial charge is 0.119 e. The molecule has 0 amide bonds. The zero-order valence-electron chi connectivity index (χ0n) is 26.3. The normalized spacial score (nSPS) is 12.0. The highest BCUT2D eigenvalue weighted by molar-refractivity contribution is 5.54. The van der Waals surface area contributed by atoms with E-state index in [-0.39, 0.29) is 0 Å². The lowest BCUT2D eigenvalue weighted by molar-refractivity contribution is 0.000160. The van der Waals surface area contributed by atoms with E-state index >= 15 is 0 Å². The van der Waals surface area contributed by atoms with E-state index < -0.39 is 0 Å². The van der Waals surface area contributed by atoms with Crippen molar-refractivity contribution >= 4 is 0 Å². The molecule has 0 N–H and O–H groups in total. The summed E-state index contributed by atoms with van der Waals surface area (Å²) in [6.07, 6.45) is 1.72. The Balaban J connectivity index is 1.29. The molecule has 2 aromatic rings. The topological polar surface area (TPSA) is 92.3 Å². The van der Waals surface area contributed by atoms with Gasteiger partial charge in [-0.15, -0.1) is 0 Å². The van der Waals surface area contributed by atoms with Gasteiger partial charge >= 0.3 is 0 Å². The van der Waals surface area contributed by atoms with Crippen molar-refractivity contribution in [3.8, 4) is 23.3 Å². The first kappa shape index (κ1) is 35.8.